The van der Waals surface area contributed by atoms with Crippen LogP contribution < -0.4 is 9.47 Å². The fourth-order valence-corrected chi connectivity index (χ4v) is 6.27. The molecule has 0 saturated carbocycles. The van der Waals surface area contributed by atoms with Gasteiger partial charge in [-0.1, -0.05) is 62.6 Å². The normalized spacial score (nSPS) is 14.0. The van der Waals surface area contributed by atoms with E-state index in [2.05, 4.69) is 25.1 Å². The molecule has 0 bridgehead atoms. The Labute approximate surface area is 271 Å². The minimum absolute atomic E-state index is 0.0356. The molecule has 1 atom stereocenters. The molecule has 0 spiro atoms. The molecule has 4 aromatic rings. The zero-order valence-corrected chi connectivity index (χ0v) is 26.6. The number of hydrogen-bond acceptors (Lipinski definition) is 6. The van der Waals surface area contributed by atoms with Crippen molar-refractivity contribution >= 4 is 0 Å². The average molecular weight is 629 g/mol. The molecule has 0 heterocycles. The second-order valence-corrected chi connectivity index (χ2v) is 12.2. The largest absolute Gasteiger partial charge is 0.504 e. The molecule has 5 rings (SSSR count). The Morgan fingerprint density at radius 1 is 0.652 bits per heavy atom. The number of aliphatic hydroxyl groups excluding tert-OH is 2. The number of rotatable bonds is 16. The molecule has 0 saturated heterocycles. The van der Waals surface area contributed by atoms with Crippen molar-refractivity contribution in [3.8, 4) is 56.4 Å². The van der Waals surface area contributed by atoms with Crippen LogP contribution in [-0.4, -0.2) is 46.9 Å². The van der Waals surface area contributed by atoms with Crippen molar-refractivity contribution in [2.45, 2.75) is 64.7 Å². The van der Waals surface area contributed by atoms with Crippen LogP contribution in [-0.2, 0) is 12.8 Å². The zero-order valence-electron chi connectivity index (χ0n) is 26.6. The number of benzene rings is 4. The van der Waals surface area contributed by atoms with Gasteiger partial charge in [-0.25, -0.2) is 4.39 Å². The second-order valence-electron chi connectivity index (χ2n) is 12.2. The molecule has 0 radical (unpaired) electrons. The standard InChI is InChI=1S/C39H45FO6/c1-2-3-4-8-26-19-27-9-10-28(21-31(27)20-26)29-11-13-33(35(40)23-29)32-22-34(39(37(44)24-32)46-17-6-5-15-41)30-12-14-36(43)38(25-30)45-18-7-16-42/h9-14,21-26,41-44H,2-8,15-20H2,1H3. The van der Waals surface area contributed by atoms with Gasteiger partial charge in [-0.15, -0.1) is 0 Å². The molecule has 4 aromatic carbocycles. The van der Waals surface area contributed by atoms with Gasteiger partial charge >= 0.3 is 0 Å². The third kappa shape index (κ3) is 8.01. The Bertz CT molecular complexity index is 1620. The summed E-state index contributed by atoms with van der Waals surface area (Å²) in [4.78, 5) is 0. The van der Waals surface area contributed by atoms with Crippen molar-refractivity contribution in [1.29, 1.82) is 0 Å². The van der Waals surface area contributed by atoms with Crippen LogP contribution in [0.1, 0.15) is 63.0 Å². The van der Waals surface area contributed by atoms with Crippen molar-refractivity contribution in [2.24, 2.45) is 5.92 Å². The summed E-state index contributed by atoms with van der Waals surface area (Å²) in [6.45, 7) is 2.70. The monoisotopic (exact) mass is 628 g/mol. The number of fused-ring (bicyclic) bond motifs is 1. The van der Waals surface area contributed by atoms with Gasteiger partial charge in [0.15, 0.2) is 23.0 Å². The molecule has 6 nitrogen and oxygen atoms in total. The van der Waals surface area contributed by atoms with Crippen molar-refractivity contribution in [3.63, 3.8) is 0 Å². The summed E-state index contributed by atoms with van der Waals surface area (Å²) >= 11 is 0. The van der Waals surface area contributed by atoms with Gasteiger partial charge in [-0.2, -0.15) is 0 Å². The number of unbranched alkanes of at least 4 members (excludes halogenated alkanes) is 3. The first-order chi connectivity index (χ1) is 22.4. The first kappa shape index (κ1) is 33.3. The van der Waals surface area contributed by atoms with E-state index in [1.165, 1.54) is 48.9 Å². The Hall–Kier alpha value is -4.07. The molecule has 46 heavy (non-hydrogen) atoms. The van der Waals surface area contributed by atoms with Crippen LogP contribution in [0.4, 0.5) is 4.39 Å². The highest BCUT2D eigenvalue weighted by Crippen LogP contribution is 2.44. The number of aromatic hydroxyl groups is 2. The fourth-order valence-electron chi connectivity index (χ4n) is 6.27. The maximum atomic E-state index is 15.9. The van der Waals surface area contributed by atoms with E-state index in [0.717, 1.165) is 24.0 Å². The maximum Gasteiger partial charge on any atom is 0.168 e. The lowest BCUT2D eigenvalue weighted by Crippen LogP contribution is -2.02. The molecule has 0 amide bonds. The highest BCUT2D eigenvalue weighted by molar-refractivity contribution is 5.83. The number of halogens is 1. The van der Waals surface area contributed by atoms with Crippen LogP contribution >= 0.6 is 0 Å². The topological polar surface area (TPSA) is 99.4 Å². The molecular weight excluding hydrogens is 583 g/mol. The van der Waals surface area contributed by atoms with E-state index in [9.17, 15) is 15.3 Å². The summed E-state index contributed by atoms with van der Waals surface area (Å²) in [5.74, 6) is 0.513. The Kier molecular flexibility index (Phi) is 11.6. The summed E-state index contributed by atoms with van der Waals surface area (Å²) in [7, 11) is 0. The van der Waals surface area contributed by atoms with E-state index in [0.29, 0.717) is 47.4 Å². The minimum atomic E-state index is -0.406. The Morgan fingerprint density at radius 2 is 1.39 bits per heavy atom. The summed E-state index contributed by atoms with van der Waals surface area (Å²) in [5.41, 5.74) is 6.46. The molecule has 0 aromatic heterocycles. The van der Waals surface area contributed by atoms with Crippen molar-refractivity contribution < 1.29 is 34.3 Å². The lowest BCUT2D eigenvalue weighted by molar-refractivity contribution is 0.229. The summed E-state index contributed by atoms with van der Waals surface area (Å²) < 4.78 is 27.5. The molecule has 1 aliphatic rings. The van der Waals surface area contributed by atoms with E-state index >= 15 is 4.39 Å². The van der Waals surface area contributed by atoms with Crippen LogP contribution in [0.15, 0.2) is 66.7 Å². The van der Waals surface area contributed by atoms with Gasteiger partial charge in [0.1, 0.15) is 5.82 Å². The van der Waals surface area contributed by atoms with Crippen LogP contribution in [0.2, 0.25) is 0 Å². The predicted molar refractivity (Wildman–Crippen MR) is 180 cm³/mol. The number of ether oxygens (including phenoxy) is 2. The van der Waals surface area contributed by atoms with Crippen LogP contribution in [0, 0.1) is 11.7 Å². The van der Waals surface area contributed by atoms with Crippen LogP contribution in [0.3, 0.4) is 0 Å². The number of aliphatic hydroxyl groups is 2. The van der Waals surface area contributed by atoms with E-state index < -0.39 is 5.82 Å². The van der Waals surface area contributed by atoms with Gasteiger partial charge in [0, 0.05) is 30.8 Å². The zero-order chi connectivity index (χ0) is 32.5. The van der Waals surface area contributed by atoms with Crippen LogP contribution in [0.5, 0.6) is 23.0 Å². The van der Waals surface area contributed by atoms with Crippen molar-refractivity contribution in [3.05, 3.63) is 83.7 Å². The maximum absolute atomic E-state index is 15.9. The summed E-state index contributed by atoms with van der Waals surface area (Å²) in [5, 5.41) is 39.8. The molecule has 0 fully saturated rings. The van der Waals surface area contributed by atoms with Crippen LogP contribution in [0.25, 0.3) is 33.4 Å². The van der Waals surface area contributed by atoms with Gasteiger partial charge in [0.2, 0.25) is 0 Å². The molecule has 4 N–H and O–H groups in total. The van der Waals surface area contributed by atoms with Gasteiger partial charge < -0.3 is 29.9 Å². The Balaban J connectivity index is 1.45. The first-order valence-electron chi connectivity index (χ1n) is 16.5. The fraction of sp³-hybridized carbons (Fsp3) is 0.385. The quantitative estimate of drug-likeness (QED) is 0.0930. The SMILES string of the molecule is CCCCCC1Cc2ccc(-c3ccc(-c4cc(O)c(OCCCCO)c(-c5ccc(O)c(OCCCO)c5)c4)c(F)c3)cc2C1. The average Bonchev–Trinajstić information content (AvgIpc) is 3.46. The summed E-state index contributed by atoms with van der Waals surface area (Å²) in [6, 6.07) is 19.7. The highest BCUT2D eigenvalue weighted by atomic mass is 19.1. The summed E-state index contributed by atoms with van der Waals surface area (Å²) in [6.07, 6.45) is 8.78. The molecular formula is C39H45FO6. The van der Waals surface area contributed by atoms with Crippen molar-refractivity contribution in [1.82, 2.24) is 0 Å². The highest BCUT2D eigenvalue weighted by Gasteiger charge is 2.22. The first-order valence-corrected chi connectivity index (χ1v) is 16.5. The second kappa shape index (κ2) is 16.0. The van der Waals surface area contributed by atoms with E-state index in [4.69, 9.17) is 14.6 Å². The van der Waals surface area contributed by atoms with Gasteiger partial charge in [-0.3, -0.25) is 0 Å². The molecule has 244 valence electrons. The molecule has 1 aliphatic carbocycles. The lowest BCUT2D eigenvalue weighted by atomic mass is 9.94. The number of phenols is 2. The lowest BCUT2D eigenvalue weighted by Gasteiger charge is -2.17. The van der Waals surface area contributed by atoms with E-state index in [1.54, 1.807) is 30.3 Å². The number of phenolic OH excluding ortho intramolecular Hbond substituents is 2. The smallest absolute Gasteiger partial charge is 0.168 e. The van der Waals surface area contributed by atoms with Crippen molar-refractivity contribution in [2.75, 3.05) is 26.4 Å². The van der Waals surface area contributed by atoms with E-state index in [1.807, 2.05) is 6.07 Å². The van der Waals surface area contributed by atoms with Gasteiger partial charge in [0.05, 0.1) is 13.2 Å². The molecule has 1 unspecified atom stereocenters. The van der Waals surface area contributed by atoms with Gasteiger partial charge in [-0.05, 0) is 102 Å². The van der Waals surface area contributed by atoms with E-state index in [-0.39, 0.29) is 49.4 Å². The third-order valence-corrected chi connectivity index (χ3v) is 8.75. The number of hydrogen-bond donors (Lipinski definition) is 4. The minimum Gasteiger partial charge on any atom is -0.504 e. The molecule has 0 aliphatic heterocycles. The Morgan fingerprint density at radius 3 is 2.17 bits per heavy atom. The van der Waals surface area contributed by atoms with Gasteiger partial charge in [0.25, 0.3) is 0 Å². The third-order valence-electron chi connectivity index (χ3n) is 8.75. The predicted octanol–water partition coefficient (Wildman–Crippen LogP) is 8.45. The molecule has 7 heteroatoms.